The van der Waals surface area contributed by atoms with E-state index in [1.165, 1.54) is 0 Å². The van der Waals surface area contributed by atoms with Gasteiger partial charge in [0.1, 0.15) is 5.75 Å². The number of methoxy groups -OCH3 is 1. The first-order valence-electron chi connectivity index (χ1n) is 5.96. The molecule has 3 N–H and O–H groups in total. The molecule has 1 aliphatic heterocycles. The monoisotopic (exact) mass is 250 g/mol. The Hall–Kier alpha value is -1.75. The number of hydrogen-bond acceptors (Lipinski definition) is 4. The zero-order valence-electron chi connectivity index (χ0n) is 10.6. The second-order valence-electron chi connectivity index (χ2n) is 4.52. The summed E-state index contributed by atoms with van der Waals surface area (Å²) < 4.78 is 10.4. The molecule has 0 aliphatic carbocycles. The van der Waals surface area contributed by atoms with E-state index in [0.29, 0.717) is 23.7 Å². The minimum atomic E-state index is -0.0958. The van der Waals surface area contributed by atoms with Crippen molar-refractivity contribution in [1.29, 1.82) is 0 Å². The highest BCUT2D eigenvalue weighted by Crippen LogP contribution is 2.26. The number of hydrogen-bond donors (Lipinski definition) is 2. The van der Waals surface area contributed by atoms with Gasteiger partial charge in [-0.3, -0.25) is 4.79 Å². The highest BCUT2D eigenvalue weighted by molar-refractivity contribution is 5.95. The smallest absolute Gasteiger partial charge is 0.229 e. The number of rotatable bonds is 3. The molecule has 2 unspecified atom stereocenters. The fourth-order valence-electron chi connectivity index (χ4n) is 2.02. The van der Waals surface area contributed by atoms with Crippen molar-refractivity contribution in [3.05, 3.63) is 18.2 Å². The van der Waals surface area contributed by atoms with E-state index in [4.69, 9.17) is 15.2 Å². The molecule has 0 radical (unpaired) electrons. The maximum absolute atomic E-state index is 12.0. The summed E-state index contributed by atoms with van der Waals surface area (Å²) in [5.41, 5.74) is 6.95. The van der Waals surface area contributed by atoms with Crippen molar-refractivity contribution in [3.8, 4) is 5.75 Å². The van der Waals surface area contributed by atoms with Crippen LogP contribution in [0.25, 0.3) is 0 Å². The number of anilines is 2. The summed E-state index contributed by atoms with van der Waals surface area (Å²) in [7, 11) is 1.57. The summed E-state index contributed by atoms with van der Waals surface area (Å²) in [6, 6.07) is 5.19. The van der Waals surface area contributed by atoms with E-state index in [1.54, 1.807) is 25.3 Å². The molecule has 0 bridgehead atoms. The van der Waals surface area contributed by atoms with E-state index in [9.17, 15) is 4.79 Å². The molecule has 5 heteroatoms. The molecule has 98 valence electrons. The third-order valence-electron chi connectivity index (χ3n) is 3.09. The molecule has 1 heterocycles. The van der Waals surface area contributed by atoms with Gasteiger partial charge in [-0.25, -0.2) is 0 Å². The van der Waals surface area contributed by atoms with Crippen molar-refractivity contribution in [3.63, 3.8) is 0 Å². The summed E-state index contributed by atoms with van der Waals surface area (Å²) in [4.78, 5) is 12.0. The Morgan fingerprint density at radius 2 is 2.33 bits per heavy atom. The zero-order valence-corrected chi connectivity index (χ0v) is 10.6. The molecule has 1 aromatic carbocycles. The van der Waals surface area contributed by atoms with Crippen molar-refractivity contribution < 1.29 is 14.3 Å². The molecule has 0 spiro atoms. The maximum Gasteiger partial charge on any atom is 0.229 e. The van der Waals surface area contributed by atoms with Crippen LogP contribution < -0.4 is 15.8 Å². The summed E-state index contributed by atoms with van der Waals surface area (Å²) in [6.07, 6.45) is 0.899. The first kappa shape index (κ1) is 12.7. The lowest BCUT2D eigenvalue weighted by atomic mass is 10.1. The predicted molar refractivity (Wildman–Crippen MR) is 69.6 cm³/mol. The molecule has 2 rings (SSSR count). The van der Waals surface area contributed by atoms with Crippen LogP contribution in [0.3, 0.4) is 0 Å². The van der Waals surface area contributed by atoms with E-state index in [-0.39, 0.29) is 17.9 Å². The van der Waals surface area contributed by atoms with Crippen molar-refractivity contribution in [2.24, 2.45) is 5.92 Å². The third-order valence-corrected chi connectivity index (χ3v) is 3.09. The number of carbonyl (C=O) groups excluding carboxylic acids is 1. The molecular weight excluding hydrogens is 232 g/mol. The number of benzene rings is 1. The molecule has 0 aromatic heterocycles. The molecule has 1 fully saturated rings. The average Bonchev–Trinajstić information content (AvgIpc) is 2.78. The summed E-state index contributed by atoms with van der Waals surface area (Å²) in [5.74, 6) is 0.529. The van der Waals surface area contributed by atoms with Gasteiger partial charge in [0.05, 0.1) is 37.1 Å². The fraction of sp³-hybridized carbons (Fsp3) is 0.462. The van der Waals surface area contributed by atoms with Crippen LogP contribution in [-0.2, 0) is 9.53 Å². The van der Waals surface area contributed by atoms with Gasteiger partial charge in [0.2, 0.25) is 5.91 Å². The van der Waals surface area contributed by atoms with Gasteiger partial charge in [0, 0.05) is 6.07 Å². The van der Waals surface area contributed by atoms with Crippen molar-refractivity contribution in [2.75, 3.05) is 24.8 Å². The fourth-order valence-corrected chi connectivity index (χ4v) is 2.02. The quantitative estimate of drug-likeness (QED) is 0.800. The SMILES string of the molecule is COc1ccc(NC(=O)C2COC(C)C2)c(N)c1. The average molecular weight is 250 g/mol. The van der Waals surface area contributed by atoms with Crippen LogP contribution in [0.2, 0.25) is 0 Å². The largest absolute Gasteiger partial charge is 0.497 e. The van der Waals surface area contributed by atoms with E-state index in [2.05, 4.69) is 5.32 Å². The first-order valence-corrected chi connectivity index (χ1v) is 5.96. The van der Waals surface area contributed by atoms with Crippen molar-refractivity contribution in [2.45, 2.75) is 19.4 Å². The predicted octanol–water partition coefficient (Wildman–Crippen LogP) is 1.64. The van der Waals surface area contributed by atoms with Crippen LogP contribution in [0.5, 0.6) is 5.75 Å². The number of amides is 1. The van der Waals surface area contributed by atoms with E-state index >= 15 is 0 Å². The van der Waals surface area contributed by atoms with Crippen LogP contribution in [0.4, 0.5) is 11.4 Å². The van der Waals surface area contributed by atoms with Crippen LogP contribution in [0.1, 0.15) is 13.3 Å². The normalized spacial score (nSPS) is 22.8. The van der Waals surface area contributed by atoms with Crippen molar-refractivity contribution >= 4 is 17.3 Å². The zero-order chi connectivity index (χ0) is 13.1. The van der Waals surface area contributed by atoms with Gasteiger partial charge in [-0.15, -0.1) is 0 Å². The molecular formula is C13H18N2O3. The molecule has 1 aromatic rings. The molecule has 18 heavy (non-hydrogen) atoms. The molecule has 1 aliphatic rings. The van der Waals surface area contributed by atoms with Gasteiger partial charge in [0.15, 0.2) is 0 Å². The Kier molecular flexibility index (Phi) is 3.72. The van der Waals surface area contributed by atoms with E-state index < -0.39 is 0 Å². The van der Waals surface area contributed by atoms with Gasteiger partial charge >= 0.3 is 0 Å². The number of nitrogens with one attached hydrogen (secondary N) is 1. The maximum atomic E-state index is 12.0. The Morgan fingerprint density at radius 1 is 1.56 bits per heavy atom. The van der Waals surface area contributed by atoms with Crippen LogP contribution in [0.15, 0.2) is 18.2 Å². The highest BCUT2D eigenvalue weighted by atomic mass is 16.5. The lowest BCUT2D eigenvalue weighted by Gasteiger charge is -2.12. The standard InChI is InChI=1S/C13H18N2O3/c1-8-5-9(7-18-8)13(16)15-12-4-3-10(17-2)6-11(12)14/h3-4,6,8-9H,5,7,14H2,1-2H3,(H,15,16). The van der Waals surface area contributed by atoms with Gasteiger partial charge in [0.25, 0.3) is 0 Å². The Morgan fingerprint density at radius 3 is 2.89 bits per heavy atom. The van der Waals surface area contributed by atoms with Crippen molar-refractivity contribution in [1.82, 2.24) is 0 Å². The number of nitrogen functional groups attached to an aromatic ring is 1. The lowest BCUT2D eigenvalue weighted by Crippen LogP contribution is -2.23. The number of nitrogens with two attached hydrogens (primary N) is 1. The second kappa shape index (κ2) is 5.27. The number of ether oxygens (including phenoxy) is 2. The van der Waals surface area contributed by atoms with Gasteiger partial charge in [-0.05, 0) is 25.5 Å². The van der Waals surface area contributed by atoms with Gasteiger partial charge in [-0.2, -0.15) is 0 Å². The molecule has 5 nitrogen and oxygen atoms in total. The third kappa shape index (κ3) is 2.73. The van der Waals surface area contributed by atoms with Crippen LogP contribution in [0, 0.1) is 5.92 Å². The van der Waals surface area contributed by atoms with Crippen LogP contribution >= 0.6 is 0 Å². The molecule has 1 amide bonds. The van der Waals surface area contributed by atoms with E-state index in [1.807, 2.05) is 6.92 Å². The number of carbonyl (C=O) groups is 1. The van der Waals surface area contributed by atoms with Crippen LogP contribution in [-0.4, -0.2) is 25.7 Å². The van der Waals surface area contributed by atoms with Gasteiger partial charge < -0.3 is 20.5 Å². The Labute approximate surface area is 106 Å². The van der Waals surface area contributed by atoms with E-state index in [0.717, 1.165) is 6.42 Å². The van der Waals surface area contributed by atoms with Gasteiger partial charge in [-0.1, -0.05) is 0 Å². The topological polar surface area (TPSA) is 73.6 Å². The second-order valence-corrected chi connectivity index (χ2v) is 4.52. The Bertz CT molecular complexity index is 448. The summed E-state index contributed by atoms with van der Waals surface area (Å²) in [6.45, 7) is 2.44. The summed E-state index contributed by atoms with van der Waals surface area (Å²) in [5, 5.41) is 2.82. The minimum absolute atomic E-state index is 0.0452. The molecule has 1 saturated heterocycles. The molecule has 0 saturated carbocycles. The molecule has 2 atom stereocenters. The highest BCUT2D eigenvalue weighted by Gasteiger charge is 2.28. The first-order chi connectivity index (χ1) is 8.60. The minimum Gasteiger partial charge on any atom is -0.497 e. The Balaban J connectivity index is 2.03. The lowest BCUT2D eigenvalue weighted by molar-refractivity contribution is -0.119. The summed E-state index contributed by atoms with van der Waals surface area (Å²) >= 11 is 0.